The van der Waals surface area contributed by atoms with E-state index in [-0.39, 0.29) is 11.9 Å². The number of nitrogens with two attached hydrogens (primary N) is 1. The van der Waals surface area contributed by atoms with Crippen LogP contribution in [0.15, 0.2) is 0 Å². The molecule has 0 aromatic heterocycles. The van der Waals surface area contributed by atoms with Crippen LogP contribution in [0.25, 0.3) is 0 Å². The second-order valence-corrected chi connectivity index (χ2v) is 3.61. The zero-order valence-corrected chi connectivity index (χ0v) is 7.56. The molecule has 64 valence electrons. The number of carbonyl (C=O) groups is 1. The van der Waals surface area contributed by atoms with Crippen molar-refractivity contribution in [2.45, 2.75) is 13.0 Å². The Morgan fingerprint density at radius 2 is 2.55 bits per heavy atom. The largest absolute Gasteiger partial charge is 0.337 e. The van der Waals surface area contributed by atoms with E-state index in [1.54, 1.807) is 11.8 Å². The number of thioether (sulfide) groups is 1. The highest BCUT2D eigenvalue weighted by molar-refractivity contribution is 8.00. The fourth-order valence-corrected chi connectivity index (χ4v) is 2.34. The maximum Gasteiger partial charge on any atom is 0.232 e. The Kier molecular flexibility index (Phi) is 3.20. The molecule has 1 heterocycles. The van der Waals surface area contributed by atoms with E-state index in [1.165, 1.54) is 0 Å². The van der Waals surface area contributed by atoms with Crippen LogP contribution in [0.5, 0.6) is 0 Å². The van der Waals surface area contributed by atoms with Crippen molar-refractivity contribution in [3.8, 4) is 0 Å². The second kappa shape index (κ2) is 3.97. The highest BCUT2D eigenvalue weighted by atomic mass is 32.2. The van der Waals surface area contributed by atoms with E-state index in [9.17, 15) is 4.79 Å². The van der Waals surface area contributed by atoms with Gasteiger partial charge in [0.25, 0.3) is 0 Å². The summed E-state index contributed by atoms with van der Waals surface area (Å²) in [6.45, 7) is 3.38. The molecule has 1 aliphatic heterocycles. The molecule has 1 aliphatic rings. The number of hydrogen-bond donors (Lipinski definition) is 1. The Balaban J connectivity index is 2.56. The van der Waals surface area contributed by atoms with Crippen molar-refractivity contribution in [3.63, 3.8) is 0 Å². The van der Waals surface area contributed by atoms with E-state index >= 15 is 0 Å². The van der Waals surface area contributed by atoms with Crippen molar-refractivity contribution < 1.29 is 4.79 Å². The first-order chi connectivity index (χ1) is 5.29. The predicted octanol–water partition coefficient (Wildman–Crippen LogP) is -0.0910. The van der Waals surface area contributed by atoms with Crippen LogP contribution in [0.4, 0.5) is 0 Å². The fraction of sp³-hybridized carbons (Fsp3) is 0.857. The average Bonchev–Trinajstić information content (AvgIpc) is 2.04. The van der Waals surface area contributed by atoms with E-state index < -0.39 is 0 Å². The number of likely N-dealkylation sites (N-methyl/N-ethyl adjacent to an activating group) is 1. The smallest absolute Gasteiger partial charge is 0.232 e. The number of amides is 1. The Bertz CT molecular complexity index is 151. The van der Waals surface area contributed by atoms with Crippen LogP contribution in [0, 0.1) is 0 Å². The zero-order chi connectivity index (χ0) is 8.27. The summed E-state index contributed by atoms with van der Waals surface area (Å²) in [5.74, 6) is 1.86. The van der Waals surface area contributed by atoms with Gasteiger partial charge in [-0.25, -0.2) is 0 Å². The Labute approximate surface area is 71.3 Å². The number of rotatable bonds is 2. The van der Waals surface area contributed by atoms with E-state index in [4.69, 9.17) is 5.73 Å². The first-order valence-corrected chi connectivity index (χ1v) is 5.02. The maximum atomic E-state index is 11.2. The van der Waals surface area contributed by atoms with Crippen LogP contribution >= 0.6 is 11.8 Å². The van der Waals surface area contributed by atoms with Gasteiger partial charge in [-0.2, -0.15) is 0 Å². The molecule has 11 heavy (non-hydrogen) atoms. The molecule has 2 N–H and O–H groups in total. The molecule has 1 amide bonds. The SMILES string of the molecule is CCN1C(=O)CSCC1CN. The number of carbonyl (C=O) groups excluding carboxylic acids is 1. The molecule has 1 unspecified atom stereocenters. The molecule has 0 bridgehead atoms. The normalized spacial score (nSPS) is 25.8. The third-order valence-corrected chi connectivity index (χ3v) is 2.98. The quantitative estimate of drug-likeness (QED) is 0.636. The average molecular weight is 174 g/mol. The van der Waals surface area contributed by atoms with Gasteiger partial charge in [0.2, 0.25) is 5.91 Å². The number of nitrogens with zero attached hydrogens (tertiary/aromatic N) is 1. The third-order valence-electron chi connectivity index (χ3n) is 1.91. The van der Waals surface area contributed by atoms with Crippen molar-refractivity contribution in [3.05, 3.63) is 0 Å². The molecule has 0 spiro atoms. The molecule has 1 rings (SSSR count). The van der Waals surface area contributed by atoms with Gasteiger partial charge in [0.05, 0.1) is 11.8 Å². The van der Waals surface area contributed by atoms with Crippen LogP contribution in [0.3, 0.4) is 0 Å². The first kappa shape index (κ1) is 8.87. The van der Waals surface area contributed by atoms with Gasteiger partial charge in [0.1, 0.15) is 0 Å². The molecule has 4 heteroatoms. The summed E-state index contributed by atoms with van der Waals surface area (Å²) >= 11 is 1.68. The summed E-state index contributed by atoms with van der Waals surface area (Å²) in [5, 5.41) is 0. The standard InChI is InChI=1S/C7H14N2OS/c1-2-9-6(3-8)4-11-5-7(9)10/h6H,2-5,8H2,1H3. The van der Waals surface area contributed by atoms with Gasteiger partial charge >= 0.3 is 0 Å². The van der Waals surface area contributed by atoms with Crippen molar-refractivity contribution in [1.29, 1.82) is 0 Å². The summed E-state index contributed by atoms with van der Waals surface area (Å²) in [6, 6.07) is 0.270. The van der Waals surface area contributed by atoms with Crippen molar-refractivity contribution in [2.24, 2.45) is 5.73 Å². The van der Waals surface area contributed by atoms with E-state index in [0.717, 1.165) is 12.3 Å². The van der Waals surface area contributed by atoms with Gasteiger partial charge in [0.15, 0.2) is 0 Å². The summed E-state index contributed by atoms with van der Waals surface area (Å²) in [4.78, 5) is 13.1. The second-order valence-electron chi connectivity index (χ2n) is 2.58. The molecule has 0 aliphatic carbocycles. The van der Waals surface area contributed by atoms with E-state index in [1.807, 2.05) is 11.8 Å². The Hall–Kier alpha value is -0.220. The predicted molar refractivity (Wildman–Crippen MR) is 47.6 cm³/mol. The molecule has 0 aromatic rings. The molecule has 0 aromatic carbocycles. The Morgan fingerprint density at radius 1 is 1.82 bits per heavy atom. The van der Waals surface area contributed by atoms with E-state index in [2.05, 4.69) is 0 Å². The van der Waals surface area contributed by atoms with Gasteiger partial charge in [-0.15, -0.1) is 11.8 Å². The first-order valence-electron chi connectivity index (χ1n) is 3.86. The lowest BCUT2D eigenvalue weighted by Crippen LogP contribution is -2.49. The Morgan fingerprint density at radius 3 is 3.00 bits per heavy atom. The van der Waals surface area contributed by atoms with Crippen LogP contribution in [-0.4, -0.2) is 41.4 Å². The molecule has 0 radical (unpaired) electrons. The lowest BCUT2D eigenvalue weighted by Gasteiger charge is -2.33. The summed E-state index contributed by atoms with van der Waals surface area (Å²) in [6.07, 6.45) is 0. The summed E-state index contributed by atoms with van der Waals surface area (Å²) in [5.41, 5.74) is 5.52. The lowest BCUT2D eigenvalue weighted by molar-refractivity contribution is -0.130. The van der Waals surface area contributed by atoms with Crippen LogP contribution < -0.4 is 5.73 Å². The van der Waals surface area contributed by atoms with Crippen LogP contribution in [0.2, 0.25) is 0 Å². The van der Waals surface area contributed by atoms with Crippen molar-refractivity contribution >= 4 is 17.7 Å². The van der Waals surface area contributed by atoms with E-state index in [0.29, 0.717) is 12.3 Å². The molecule has 0 saturated carbocycles. The zero-order valence-electron chi connectivity index (χ0n) is 6.75. The van der Waals surface area contributed by atoms with Gasteiger partial charge < -0.3 is 10.6 Å². The van der Waals surface area contributed by atoms with Crippen LogP contribution in [-0.2, 0) is 4.79 Å². The van der Waals surface area contributed by atoms with Gasteiger partial charge in [-0.05, 0) is 6.92 Å². The maximum absolute atomic E-state index is 11.2. The fourth-order valence-electron chi connectivity index (χ4n) is 1.29. The molecule has 1 atom stereocenters. The summed E-state index contributed by atoms with van der Waals surface area (Å²) in [7, 11) is 0. The van der Waals surface area contributed by atoms with Gasteiger partial charge in [-0.3, -0.25) is 4.79 Å². The molecule has 1 saturated heterocycles. The highest BCUT2D eigenvalue weighted by Gasteiger charge is 2.25. The topological polar surface area (TPSA) is 46.3 Å². The van der Waals surface area contributed by atoms with Crippen molar-refractivity contribution in [2.75, 3.05) is 24.6 Å². The number of hydrogen-bond acceptors (Lipinski definition) is 3. The monoisotopic (exact) mass is 174 g/mol. The molecule has 3 nitrogen and oxygen atoms in total. The molecular weight excluding hydrogens is 160 g/mol. The minimum Gasteiger partial charge on any atom is -0.337 e. The molecular formula is C7H14N2OS. The minimum atomic E-state index is 0.235. The van der Waals surface area contributed by atoms with Gasteiger partial charge in [-0.1, -0.05) is 0 Å². The lowest BCUT2D eigenvalue weighted by atomic mass is 10.2. The van der Waals surface area contributed by atoms with Crippen molar-refractivity contribution in [1.82, 2.24) is 4.90 Å². The summed E-state index contributed by atoms with van der Waals surface area (Å²) < 4.78 is 0. The highest BCUT2D eigenvalue weighted by Crippen LogP contribution is 2.15. The van der Waals surface area contributed by atoms with Gasteiger partial charge in [0, 0.05) is 18.8 Å². The van der Waals surface area contributed by atoms with Crippen LogP contribution in [0.1, 0.15) is 6.92 Å². The third kappa shape index (κ3) is 1.87. The minimum absolute atomic E-state index is 0.235. The molecule has 1 fully saturated rings.